The van der Waals surface area contributed by atoms with Crippen molar-refractivity contribution in [2.75, 3.05) is 20.2 Å². The summed E-state index contributed by atoms with van der Waals surface area (Å²) in [5, 5.41) is 3.92. The Kier molecular flexibility index (Phi) is 6.56. The molecule has 0 saturated heterocycles. The first-order valence-corrected chi connectivity index (χ1v) is 6.53. The van der Waals surface area contributed by atoms with Gasteiger partial charge < -0.3 is 10.1 Å². The van der Waals surface area contributed by atoms with E-state index >= 15 is 0 Å². The maximum atomic E-state index is 5.91. The summed E-state index contributed by atoms with van der Waals surface area (Å²) in [6.07, 6.45) is 1.20. The van der Waals surface area contributed by atoms with Gasteiger partial charge >= 0.3 is 0 Å². The van der Waals surface area contributed by atoms with E-state index in [0.29, 0.717) is 5.92 Å². The van der Waals surface area contributed by atoms with Crippen LogP contribution in [0.1, 0.15) is 31.9 Å². The normalized spacial score (nSPS) is 13.0. The molecule has 1 unspecified atom stereocenters. The van der Waals surface area contributed by atoms with Crippen LogP contribution in [0.25, 0.3) is 0 Å². The molecule has 0 radical (unpaired) electrons. The molecule has 2 nitrogen and oxygen atoms in total. The summed E-state index contributed by atoms with van der Waals surface area (Å²) in [4.78, 5) is 0. The fourth-order valence-corrected chi connectivity index (χ4v) is 1.71. The number of hydrogen-bond donors (Lipinski definition) is 1. The van der Waals surface area contributed by atoms with Gasteiger partial charge in [0, 0.05) is 18.2 Å². The van der Waals surface area contributed by atoms with Gasteiger partial charge in [-0.05, 0) is 37.1 Å². The van der Waals surface area contributed by atoms with E-state index in [2.05, 4.69) is 19.2 Å². The lowest BCUT2D eigenvalue weighted by Gasteiger charge is -2.18. The first-order valence-electron chi connectivity index (χ1n) is 6.15. The lowest BCUT2D eigenvalue weighted by Crippen LogP contribution is -2.20. The minimum absolute atomic E-state index is 0.107. The molecule has 1 atom stereocenters. The molecular formula is C14H22ClNO. The summed E-state index contributed by atoms with van der Waals surface area (Å²) in [5.41, 5.74) is 1.17. The molecule has 1 aromatic carbocycles. The van der Waals surface area contributed by atoms with Gasteiger partial charge in [0.25, 0.3) is 0 Å². The lowest BCUT2D eigenvalue weighted by atomic mass is 10.1. The van der Waals surface area contributed by atoms with Gasteiger partial charge in [-0.2, -0.15) is 0 Å². The first kappa shape index (κ1) is 14.5. The summed E-state index contributed by atoms with van der Waals surface area (Å²) in [6.45, 7) is 6.03. The molecule has 1 aromatic rings. The van der Waals surface area contributed by atoms with Crippen molar-refractivity contribution in [2.45, 2.75) is 26.4 Å². The van der Waals surface area contributed by atoms with E-state index in [1.54, 1.807) is 0 Å². The quantitative estimate of drug-likeness (QED) is 0.803. The lowest BCUT2D eigenvalue weighted by molar-refractivity contribution is 0.0470. The van der Waals surface area contributed by atoms with Crippen LogP contribution >= 0.6 is 11.6 Å². The highest BCUT2D eigenvalue weighted by Crippen LogP contribution is 2.20. The van der Waals surface area contributed by atoms with Crippen LogP contribution in [0.2, 0.25) is 5.02 Å². The molecule has 0 aliphatic heterocycles. The van der Waals surface area contributed by atoms with Gasteiger partial charge in [0.1, 0.15) is 0 Å². The van der Waals surface area contributed by atoms with Crippen molar-refractivity contribution < 1.29 is 4.74 Å². The third-order valence-corrected chi connectivity index (χ3v) is 2.90. The Hall–Kier alpha value is -0.570. The van der Waals surface area contributed by atoms with Crippen LogP contribution in [-0.2, 0) is 4.74 Å². The van der Waals surface area contributed by atoms with Crippen molar-refractivity contribution in [2.24, 2.45) is 5.92 Å². The third-order valence-electron chi connectivity index (χ3n) is 2.65. The smallest absolute Gasteiger partial charge is 0.0949 e. The van der Waals surface area contributed by atoms with Crippen molar-refractivity contribution in [3.05, 3.63) is 34.9 Å². The molecule has 1 N–H and O–H groups in total. The highest BCUT2D eigenvalue weighted by Gasteiger charge is 2.11. The van der Waals surface area contributed by atoms with Gasteiger partial charge in [0.05, 0.1) is 6.10 Å². The maximum absolute atomic E-state index is 5.91. The predicted molar refractivity (Wildman–Crippen MR) is 73.5 cm³/mol. The van der Waals surface area contributed by atoms with Crippen LogP contribution in [0.15, 0.2) is 24.3 Å². The Morgan fingerprint density at radius 2 is 1.88 bits per heavy atom. The molecule has 0 fully saturated rings. The number of ether oxygens (including phenoxy) is 1. The van der Waals surface area contributed by atoms with E-state index in [-0.39, 0.29) is 6.10 Å². The number of benzene rings is 1. The maximum Gasteiger partial charge on any atom is 0.0949 e. The molecule has 0 bridgehead atoms. The molecule has 0 aliphatic rings. The van der Waals surface area contributed by atoms with Gasteiger partial charge in [-0.15, -0.1) is 0 Å². The predicted octanol–water partition coefficient (Wildman–Crippen LogP) is 3.66. The van der Waals surface area contributed by atoms with Crippen LogP contribution in [0, 0.1) is 5.92 Å². The van der Waals surface area contributed by atoms with Gasteiger partial charge in [0.2, 0.25) is 0 Å². The fraction of sp³-hybridized carbons (Fsp3) is 0.571. The fourth-order valence-electron chi connectivity index (χ4n) is 1.58. The average molecular weight is 256 g/mol. The van der Waals surface area contributed by atoms with Crippen molar-refractivity contribution in [1.29, 1.82) is 0 Å². The summed E-state index contributed by atoms with van der Waals surface area (Å²) >= 11 is 5.88. The van der Waals surface area contributed by atoms with E-state index in [9.17, 15) is 0 Å². The molecule has 0 heterocycles. The van der Waals surface area contributed by atoms with Gasteiger partial charge in [0.15, 0.2) is 0 Å². The number of hydrogen-bond acceptors (Lipinski definition) is 2. The highest BCUT2D eigenvalue weighted by atomic mass is 35.5. The molecule has 96 valence electrons. The average Bonchev–Trinajstić information content (AvgIpc) is 2.29. The van der Waals surface area contributed by atoms with Crippen molar-refractivity contribution in [1.82, 2.24) is 5.32 Å². The van der Waals surface area contributed by atoms with Crippen molar-refractivity contribution >= 4 is 11.6 Å². The van der Waals surface area contributed by atoms with Crippen LogP contribution in [0.3, 0.4) is 0 Å². The van der Waals surface area contributed by atoms with Crippen LogP contribution < -0.4 is 5.32 Å². The molecule has 1 rings (SSSR count). The molecule has 0 aromatic heterocycles. The summed E-state index contributed by atoms with van der Waals surface area (Å²) < 4.78 is 5.91. The van der Waals surface area contributed by atoms with Gasteiger partial charge in [-0.1, -0.05) is 37.6 Å². The SMILES string of the molecule is CNCC(OCCC(C)C)c1ccc(Cl)cc1. The Morgan fingerprint density at radius 1 is 1.24 bits per heavy atom. The Labute approximate surface area is 109 Å². The summed E-state index contributed by atoms with van der Waals surface area (Å²) in [7, 11) is 1.94. The zero-order valence-electron chi connectivity index (χ0n) is 10.9. The first-order chi connectivity index (χ1) is 8.13. The molecule has 0 amide bonds. The van der Waals surface area contributed by atoms with Crippen LogP contribution in [0.5, 0.6) is 0 Å². The van der Waals surface area contributed by atoms with Crippen molar-refractivity contribution in [3.63, 3.8) is 0 Å². The molecule has 0 spiro atoms. The van der Waals surface area contributed by atoms with E-state index in [4.69, 9.17) is 16.3 Å². The zero-order valence-corrected chi connectivity index (χ0v) is 11.6. The number of likely N-dealkylation sites (N-methyl/N-ethyl adjacent to an activating group) is 1. The molecule has 3 heteroatoms. The number of halogens is 1. The van der Waals surface area contributed by atoms with E-state index in [0.717, 1.165) is 24.6 Å². The van der Waals surface area contributed by atoms with Gasteiger partial charge in [-0.3, -0.25) is 0 Å². The zero-order chi connectivity index (χ0) is 12.7. The summed E-state index contributed by atoms with van der Waals surface area (Å²) in [6, 6.07) is 7.87. The van der Waals surface area contributed by atoms with Crippen LogP contribution in [-0.4, -0.2) is 20.2 Å². The minimum Gasteiger partial charge on any atom is -0.372 e. The van der Waals surface area contributed by atoms with E-state index in [1.165, 1.54) is 5.56 Å². The Balaban J connectivity index is 2.55. The van der Waals surface area contributed by atoms with E-state index in [1.807, 2.05) is 31.3 Å². The Bertz CT molecular complexity index is 311. The van der Waals surface area contributed by atoms with Crippen molar-refractivity contribution in [3.8, 4) is 0 Å². The monoisotopic (exact) mass is 255 g/mol. The topological polar surface area (TPSA) is 21.3 Å². The van der Waals surface area contributed by atoms with E-state index < -0.39 is 0 Å². The van der Waals surface area contributed by atoms with Crippen LogP contribution in [0.4, 0.5) is 0 Å². The third kappa shape index (κ3) is 5.53. The largest absolute Gasteiger partial charge is 0.372 e. The molecule has 17 heavy (non-hydrogen) atoms. The van der Waals surface area contributed by atoms with Gasteiger partial charge in [-0.25, -0.2) is 0 Å². The minimum atomic E-state index is 0.107. The number of rotatable bonds is 7. The molecule has 0 aliphatic carbocycles. The second-order valence-corrected chi connectivity index (χ2v) is 5.09. The number of nitrogens with one attached hydrogen (secondary N) is 1. The Morgan fingerprint density at radius 3 is 2.41 bits per heavy atom. The standard InChI is InChI=1S/C14H22ClNO/c1-11(2)8-9-17-14(10-16-3)12-4-6-13(15)7-5-12/h4-7,11,14,16H,8-10H2,1-3H3. The second kappa shape index (κ2) is 7.70. The summed E-state index contributed by atoms with van der Waals surface area (Å²) in [5.74, 6) is 0.676. The highest BCUT2D eigenvalue weighted by molar-refractivity contribution is 6.30. The molecule has 0 saturated carbocycles. The second-order valence-electron chi connectivity index (χ2n) is 4.65. The molecular weight excluding hydrogens is 234 g/mol.